The molecule has 0 radical (unpaired) electrons. The van der Waals surface area contributed by atoms with Gasteiger partial charge in [0.05, 0.1) is 41.2 Å². The van der Waals surface area contributed by atoms with Crippen molar-refractivity contribution in [3.8, 4) is 0 Å². The summed E-state index contributed by atoms with van der Waals surface area (Å²) in [7, 11) is 0. The van der Waals surface area contributed by atoms with E-state index in [0.29, 0.717) is 63.1 Å². The van der Waals surface area contributed by atoms with Crippen LogP contribution in [0.1, 0.15) is 183 Å². The smallest absolute Gasteiger partial charge is 0.281 e. The Morgan fingerprint density at radius 1 is 0.565 bits per heavy atom. The summed E-state index contributed by atoms with van der Waals surface area (Å²) in [5.74, 6) is 4.84. The molecule has 0 saturated carbocycles. The molecule has 1 aliphatic heterocycles. The number of aromatic amines is 3. The van der Waals surface area contributed by atoms with Crippen LogP contribution in [0.15, 0.2) is 28.4 Å². The van der Waals surface area contributed by atoms with E-state index < -0.39 is 0 Å². The molecular formula is C56H83N27O2. The number of pyridine rings is 1. The minimum absolute atomic E-state index is 0.00287. The number of aliphatic imine (C=N–C) groups is 1. The summed E-state index contributed by atoms with van der Waals surface area (Å²) in [5, 5.41) is 32.3. The lowest BCUT2D eigenvalue weighted by molar-refractivity contribution is 0.0996. The van der Waals surface area contributed by atoms with E-state index in [2.05, 4.69) is 155 Å². The van der Waals surface area contributed by atoms with Gasteiger partial charge < -0.3 is 26.4 Å². The molecule has 85 heavy (non-hydrogen) atoms. The van der Waals surface area contributed by atoms with Gasteiger partial charge in [-0.3, -0.25) is 9.59 Å². The van der Waals surface area contributed by atoms with Crippen molar-refractivity contribution in [2.75, 3.05) is 11.5 Å². The summed E-state index contributed by atoms with van der Waals surface area (Å²) in [6.07, 6.45) is 6.27. The number of fused-ring (bicyclic) bond motifs is 6. The van der Waals surface area contributed by atoms with Crippen LogP contribution in [0.5, 0.6) is 0 Å². The average Bonchev–Trinajstić information content (AvgIpc) is 3.18. The predicted molar refractivity (Wildman–Crippen MR) is 332 cm³/mol. The van der Waals surface area contributed by atoms with Crippen LogP contribution in [-0.4, -0.2) is 132 Å². The monoisotopic (exact) mass is 1170 g/mol. The number of aromatic nitrogens is 24. The number of ketones is 1. The zero-order valence-electron chi connectivity index (χ0n) is 52.9. The van der Waals surface area contributed by atoms with Crippen molar-refractivity contribution >= 4 is 85.0 Å². The van der Waals surface area contributed by atoms with E-state index in [4.69, 9.17) is 11.5 Å². The van der Waals surface area contributed by atoms with Crippen molar-refractivity contribution in [2.45, 2.75) is 182 Å². The van der Waals surface area contributed by atoms with Crippen molar-refractivity contribution in [3.05, 3.63) is 80.6 Å². The summed E-state index contributed by atoms with van der Waals surface area (Å²) < 4.78 is 6.76. The first-order chi connectivity index (χ1) is 40.1. The zero-order chi connectivity index (χ0) is 63.1. The number of rotatable bonds is 4. The number of nitrogen functional groups attached to an aromatic ring is 2. The third kappa shape index (κ3) is 16.9. The maximum Gasteiger partial charge on any atom is 0.281 e. The molecule has 12 heterocycles. The van der Waals surface area contributed by atoms with Gasteiger partial charge in [-0.1, -0.05) is 61.9 Å². The number of carbonyl (C=O) groups excluding carboxylic acids is 1. The van der Waals surface area contributed by atoms with Gasteiger partial charge in [0.2, 0.25) is 0 Å². The summed E-state index contributed by atoms with van der Waals surface area (Å²) >= 11 is 0. The maximum atomic E-state index is 11.4. The Morgan fingerprint density at radius 3 is 1.68 bits per heavy atom. The molecule has 0 atom stereocenters. The second kappa shape index (κ2) is 29.7. The van der Waals surface area contributed by atoms with Crippen LogP contribution in [0, 0.1) is 61.3 Å². The molecule has 0 bridgehead atoms. The van der Waals surface area contributed by atoms with E-state index >= 15 is 0 Å². The van der Waals surface area contributed by atoms with Crippen molar-refractivity contribution in [1.29, 1.82) is 0 Å². The van der Waals surface area contributed by atoms with Gasteiger partial charge in [0.1, 0.15) is 40.8 Å². The second-order valence-corrected chi connectivity index (χ2v) is 21.7. The standard InChI is InChI=1S/C10H13N3.C8H11N5O.C8H11N5.C8H10N4O.C8H10N4.C7H10N6.C4H10.C3H8/c1-5-6(2)12-10-9(5)7(3)11-8(4)13-10;1-4(2)13-7-6(11-12-13)8(14)10-5(3)9-7;1-5(2)13-8-7(11-12-13)6(9)3-4-10-8;1-5(2)12-8-7(10-11-12)6(13)3-4-9-8;1-4-7-8(11-5(2)9-4)12-6(3)10-7;1-4(2)13-7-5(11-12-13)6(8)9-3-10-7;1-4(2)3;1-3-2/h1-4H3,(H,11,12,13);4H,1-3H3,(H,9,10,14);3-5H,1-2H3,(H2,9,10);4-5H,3H2,1-2H3;1-3H3,(H,9,10,11,12);3-4H,1-2H3,(H2,8,9,10);4H,1-3H3;3H2,1-2H3. The summed E-state index contributed by atoms with van der Waals surface area (Å²) in [4.78, 5) is 73.5. The molecule has 7 N–H and O–H groups in total. The van der Waals surface area contributed by atoms with Gasteiger partial charge in [-0.2, -0.15) is 0 Å². The molecule has 0 saturated heterocycles. The lowest BCUT2D eigenvalue weighted by Crippen LogP contribution is -2.11. The minimum Gasteiger partial charge on any atom is -0.397 e. The summed E-state index contributed by atoms with van der Waals surface area (Å²) in [6, 6.07) is 2.52. The molecule has 0 fully saturated rings. The van der Waals surface area contributed by atoms with E-state index in [-0.39, 0.29) is 35.5 Å². The van der Waals surface area contributed by atoms with Gasteiger partial charge in [0.15, 0.2) is 62.3 Å². The summed E-state index contributed by atoms with van der Waals surface area (Å²) in [5.41, 5.74) is 22.7. The number of nitrogens with zero attached hydrogens (tertiary/aromatic N) is 22. The molecule has 0 spiro atoms. The molecule has 0 aliphatic carbocycles. The highest BCUT2D eigenvalue weighted by molar-refractivity contribution is 6.08. The number of nitrogens with one attached hydrogen (secondary N) is 3. The SMILES string of the molecule is CC(C)C.CC(C)n1nnc2c(N)ccnc21.CC(C)n1nnc2c(N)ncnc21.CC(C)n1nnc2c1N=CCC2=O.CCC.Cc1nc(C)c2[nH]c(C)nc2n1.Cc1nc(C)c2c(C)c(C)[nH]c2n1.Cc1nc2c(nnn2C(C)C)c(=O)[nH]1. The van der Waals surface area contributed by atoms with E-state index in [1.807, 2.05) is 90.0 Å². The van der Waals surface area contributed by atoms with E-state index in [1.165, 1.54) is 29.4 Å². The normalized spacial score (nSPS) is 11.5. The van der Waals surface area contributed by atoms with Crippen LogP contribution in [0.4, 0.5) is 17.3 Å². The predicted octanol–water partition coefficient (Wildman–Crippen LogP) is 9.47. The lowest BCUT2D eigenvalue weighted by Gasteiger charge is -2.08. The van der Waals surface area contributed by atoms with E-state index in [9.17, 15) is 9.59 Å². The van der Waals surface area contributed by atoms with Gasteiger partial charge in [-0.05, 0) is 128 Å². The Labute approximate surface area is 493 Å². The average molecular weight is 1170 g/mol. The van der Waals surface area contributed by atoms with Crippen LogP contribution in [-0.2, 0) is 0 Å². The molecule has 1 aliphatic rings. The van der Waals surface area contributed by atoms with Crippen LogP contribution in [0.25, 0.3) is 55.7 Å². The van der Waals surface area contributed by atoms with Gasteiger partial charge in [0, 0.05) is 29.9 Å². The van der Waals surface area contributed by atoms with Gasteiger partial charge >= 0.3 is 0 Å². The number of aryl methyl sites for hydroxylation is 8. The number of carbonyl (C=O) groups is 1. The maximum absolute atomic E-state index is 11.4. The molecule has 29 heteroatoms. The summed E-state index contributed by atoms with van der Waals surface area (Å²) in [6.45, 7) is 42.3. The Kier molecular flexibility index (Phi) is 23.2. The number of Topliss-reactive ketones (excluding diaryl/α,β-unsaturated/α-hetero) is 1. The number of hydrogen-bond acceptors (Lipinski definition) is 22. The molecule has 454 valence electrons. The zero-order valence-corrected chi connectivity index (χ0v) is 52.9. The number of anilines is 2. The van der Waals surface area contributed by atoms with Crippen molar-refractivity contribution in [2.24, 2.45) is 10.9 Å². The van der Waals surface area contributed by atoms with Gasteiger partial charge in [-0.25, -0.2) is 68.6 Å². The molecule has 0 amide bonds. The van der Waals surface area contributed by atoms with Crippen LogP contribution >= 0.6 is 0 Å². The van der Waals surface area contributed by atoms with Gasteiger partial charge in [-0.15, -0.1) is 20.4 Å². The molecule has 0 unspecified atom stereocenters. The Balaban J connectivity index is 0.000000182. The highest BCUT2D eigenvalue weighted by Crippen LogP contribution is 2.25. The van der Waals surface area contributed by atoms with Gasteiger partial charge in [0.25, 0.3) is 5.56 Å². The topological polar surface area (TPSA) is 385 Å². The molecule has 12 rings (SSSR count). The molecule has 11 aromatic heterocycles. The fourth-order valence-electron chi connectivity index (χ4n) is 7.89. The van der Waals surface area contributed by atoms with E-state index in [0.717, 1.165) is 57.2 Å². The molecule has 11 aromatic rings. The Bertz CT molecular complexity index is 3980. The third-order valence-electron chi connectivity index (χ3n) is 11.7. The Hall–Kier alpha value is -9.44. The number of imidazole rings is 1. The molecule has 0 aromatic carbocycles. The molecular weight excluding hydrogens is 1080 g/mol. The quantitative estimate of drug-likeness (QED) is 0.109. The molecule has 29 nitrogen and oxygen atoms in total. The van der Waals surface area contributed by atoms with Crippen LogP contribution < -0.4 is 17.0 Å². The lowest BCUT2D eigenvalue weighted by atomic mass is 10.2. The largest absolute Gasteiger partial charge is 0.397 e. The highest BCUT2D eigenvalue weighted by atomic mass is 16.1. The fraction of sp³-hybridized carbons (Fsp3) is 0.500. The highest BCUT2D eigenvalue weighted by Gasteiger charge is 2.23. The van der Waals surface area contributed by atoms with Crippen LogP contribution in [0.3, 0.4) is 0 Å². The second-order valence-electron chi connectivity index (χ2n) is 21.7. The third-order valence-corrected chi connectivity index (χ3v) is 11.7. The van der Waals surface area contributed by atoms with Crippen molar-refractivity contribution in [3.63, 3.8) is 0 Å². The number of nitrogens with two attached hydrogens (primary N) is 2. The first-order valence-electron chi connectivity index (χ1n) is 28.2. The fourth-order valence-corrected chi connectivity index (χ4v) is 7.89. The van der Waals surface area contributed by atoms with Crippen LogP contribution in [0.2, 0.25) is 0 Å². The van der Waals surface area contributed by atoms with E-state index in [1.54, 1.807) is 44.1 Å². The van der Waals surface area contributed by atoms with Crippen molar-refractivity contribution in [1.82, 2.24) is 120 Å². The number of hydrogen-bond donors (Lipinski definition) is 5. The first-order valence-corrected chi connectivity index (χ1v) is 28.2. The minimum atomic E-state index is -0.237. The number of H-pyrrole nitrogens is 3. The first kappa shape index (κ1) is 66.4. The Morgan fingerprint density at radius 2 is 1.08 bits per heavy atom. The van der Waals surface area contributed by atoms with Crippen molar-refractivity contribution < 1.29 is 4.79 Å².